The number of rotatable bonds is 3. The molecule has 6 nitrogen and oxygen atoms in total. The third-order valence-electron chi connectivity index (χ3n) is 2.33. The van der Waals surface area contributed by atoms with Crippen LogP contribution in [0.4, 0.5) is 5.82 Å². The highest BCUT2D eigenvalue weighted by Crippen LogP contribution is 2.19. The minimum Gasteiger partial charge on any atom is -0.358 e. The molecular weight excluding hydrogens is 256 g/mol. The normalized spacial score (nSPS) is 10.0. The molecule has 0 aliphatic carbocycles. The Labute approximate surface area is 107 Å². The monoisotopic (exact) mass is 262 g/mol. The van der Waals surface area contributed by atoms with Gasteiger partial charge < -0.3 is 10.1 Å². The van der Waals surface area contributed by atoms with Crippen LogP contribution in [0.2, 0.25) is 5.02 Å². The van der Waals surface area contributed by atoms with Gasteiger partial charge in [-0.3, -0.25) is 0 Å². The van der Waals surface area contributed by atoms with E-state index < -0.39 is 4.92 Å². The van der Waals surface area contributed by atoms with Crippen molar-refractivity contribution in [3.63, 3.8) is 0 Å². The van der Waals surface area contributed by atoms with Crippen LogP contribution in [0.3, 0.4) is 0 Å². The number of halogens is 1. The van der Waals surface area contributed by atoms with Crippen molar-refractivity contribution in [2.24, 2.45) is 0 Å². The molecule has 0 amide bonds. The van der Waals surface area contributed by atoms with Crippen molar-refractivity contribution in [2.75, 3.05) is 0 Å². The molecular formula is C11H7ClN4O2. The number of benzene rings is 1. The Bertz CT molecular complexity index is 645. The molecule has 0 unspecified atom stereocenters. The van der Waals surface area contributed by atoms with Gasteiger partial charge >= 0.3 is 5.82 Å². The van der Waals surface area contributed by atoms with E-state index in [-0.39, 0.29) is 5.82 Å². The molecule has 0 radical (unpaired) electrons. The second-order valence-corrected chi connectivity index (χ2v) is 3.95. The van der Waals surface area contributed by atoms with Gasteiger partial charge in [-0.1, -0.05) is 17.7 Å². The fraction of sp³-hybridized carbons (Fsp3) is 0.0909. The Morgan fingerprint density at radius 1 is 1.50 bits per heavy atom. The summed E-state index contributed by atoms with van der Waals surface area (Å²) in [4.78, 5) is 9.93. The van der Waals surface area contributed by atoms with Crippen LogP contribution >= 0.6 is 11.6 Å². The highest BCUT2D eigenvalue weighted by molar-refractivity contribution is 6.31. The maximum Gasteiger partial charge on any atom is 0.389 e. The number of hydrogen-bond acceptors (Lipinski definition) is 4. The van der Waals surface area contributed by atoms with Crippen molar-refractivity contribution >= 4 is 17.4 Å². The van der Waals surface area contributed by atoms with E-state index in [0.29, 0.717) is 17.1 Å². The van der Waals surface area contributed by atoms with Gasteiger partial charge in [0.05, 0.1) is 35.5 Å². The van der Waals surface area contributed by atoms with E-state index in [9.17, 15) is 10.1 Å². The molecule has 0 spiro atoms. The van der Waals surface area contributed by atoms with Gasteiger partial charge in [0.1, 0.15) is 0 Å². The predicted molar refractivity (Wildman–Crippen MR) is 64.2 cm³/mol. The second kappa shape index (κ2) is 4.85. The quantitative estimate of drug-likeness (QED) is 0.628. The van der Waals surface area contributed by atoms with Crippen LogP contribution in [0.15, 0.2) is 30.5 Å². The van der Waals surface area contributed by atoms with Crippen molar-refractivity contribution < 1.29 is 4.92 Å². The lowest BCUT2D eigenvalue weighted by Gasteiger charge is -2.02. The lowest BCUT2D eigenvalue weighted by atomic mass is 10.1. The lowest BCUT2D eigenvalue weighted by molar-refractivity contribution is -0.389. The number of nitro groups is 1. The van der Waals surface area contributed by atoms with E-state index in [1.807, 2.05) is 6.07 Å². The molecule has 1 aromatic heterocycles. The zero-order valence-electron chi connectivity index (χ0n) is 9.08. The average molecular weight is 263 g/mol. The van der Waals surface area contributed by atoms with Crippen LogP contribution in [-0.2, 0) is 6.54 Å². The molecule has 0 fully saturated rings. The summed E-state index contributed by atoms with van der Waals surface area (Å²) in [6.45, 7) is 0.318. The van der Waals surface area contributed by atoms with E-state index in [2.05, 4.69) is 5.10 Å². The highest BCUT2D eigenvalue weighted by Gasteiger charge is 2.12. The van der Waals surface area contributed by atoms with Gasteiger partial charge in [0.15, 0.2) is 0 Å². The van der Waals surface area contributed by atoms with Gasteiger partial charge in [0.25, 0.3) is 0 Å². The molecule has 2 aromatic rings. The molecule has 0 saturated heterocycles. The van der Waals surface area contributed by atoms with Crippen LogP contribution in [0, 0.1) is 21.4 Å². The van der Waals surface area contributed by atoms with Gasteiger partial charge in [0.2, 0.25) is 0 Å². The zero-order chi connectivity index (χ0) is 13.1. The molecule has 0 bridgehead atoms. The van der Waals surface area contributed by atoms with Gasteiger partial charge in [-0.25, -0.2) is 0 Å². The van der Waals surface area contributed by atoms with Crippen molar-refractivity contribution in [2.45, 2.75) is 6.54 Å². The van der Waals surface area contributed by atoms with E-state index in [4.69, 9.17) is 16.9 Å². The fourth-order valence-electron chi connectivity index (χ4n) is 1.46. The standard InChI is InChI=1S/C11H7ClN4O2/c12-10-5-8(6-13)1-2-9(10)7-15-4-3-11(14-15)16(17)18/h1-5H,7H2. The Hall–Kier alpha value is -2.39. The Balaban J connectivity index is 2.23. The summed E-state index contributed by atoms with van der Waals surface area (Å²) >= 11 is 6.00. The summed E-state index contributed by atoms with van der Waals surface area (Å²) in [5.74, 6) is -0.209. The predicted octanol–water partition coefficient (Wildman–Crippen LogP) is 2.36. The first-order valence-electron chi connectivity index (χ1n) is 4.96. The molecule has 0 aliphatic heterocycles. The summed E-state index contributed by atoms with van der Waals surface area (Å²) in [5.41, 5.74) is 1.21. The lowest BCUT2D eigenvalue weighted by Crippen LogP contribution is -2.02. The first-order valence-corrected chi connectivity index (χ1v) is 5.34. The molecule has 0 aliphatic rings. The molecule has 0 atom stereocenters. The van der Waals surface area contributed by atoms with E-state index in [0.717, 1.165) is 5.56 Å². The maximum absolute atomic E-state index is 10.5. The SMILES string of the molecule is N#Cc1ccc(Cn2ccc([N+](=O)[O-])n2)c(Cl)c1. The number of nitrogens with zero attached hydrogens (tertiary/aromatic N) is 4. The Morgan fingerprint density at radius 3 is 2.83 bits per heavy atom. The molecule has 90 valence electrons. The maximum atomic E-state index is 10.5. The molecule has 18 heavy (non-hydrogen) atoms. The fourth-order valence-corrected chi connectivity index (χ4v) is 1.70. The minimum absolute atomic E-state index is 0.209. The van der Waals surface area contributed by atoms with Crippen molar-refractivity contribution in [3.8, 4) is 6.07 Å². The third-order valence-corrected chi connectivity index (χ3v) is 2.68. The van der Waals surface area contributed by atoms with Crippen molar-refractivity contribution in [1.82, 2.24) is 9.78 Å². The summed E-state index contributed by atoms with van der Waals surface area (Å²) in [5, 5.41) is 23.4. The Morgan fingerprint density at radius 2 is 2.28 bits per heavy atom. The summed E-state index contributed by atoms with van der Waals surface area (Å²) < 4.78 is 1.42. The molecule has 2 rings (SSSR count). The zero-order valence-corrected chi connectivity index (χ0v) is 9.83. The topological polar surface area (TPSA) is 84.8 Å². The average Bonchev–Trinajstić information content (AvgIpc) is 2.80. The number of hydrogen-bond donors (Lipinski definition) is 0. The molecule has 0 saturated carbocycles. The first-order chi connectivity index (χ1) is 8.60. The number of nitriles is 1. The second-order valence-electron chi connectivity index (χ2n) is 3.55. The molecule has 1 aromatic carbocycles. The van der Waals surface area contributed by atoms with Crippen LogP contribution < -0.4 is 0 Å². The Kier molecular flexibility index (Phi) is 3.26. The van der Waals surface area contributed by atoms with Crippen LogP contribution in [-0.4, -0.2) is 14.7 Å². The first kappa shape index (κ1) is 12.1. The van der Waals surface area contributed by atoms with E-state index >= 15 is 0 Å². The van der Waals surface area contributed by atoms with Gasteiger partial charge in [-0.05, 0) is 22.6 Å². The van der Waals surface area contributed by atoms with Gasteiger partial charge in [-0.15, -0.1) is 0 Å². The van der Waals surface area contributed by atoms with Crippen molar-refractivity contribution in [3.05, 3.63) is 56.7 Å². The largest absolute Gasteiger partial charge is 0.389 e. The van der Waals surface area contributed by atoms with Crippen LogP contribution in [0.1, 0.15) is 11.1 Å². The summed E-state index contributed by atoms with van der Waals surface area (Å²) in [7, 11) is 0. The summed E-state index contributed by atoms with van der Waals surface area (Å²) in [6.07, 6.45) is 1.51. The van der Waals surface area contributed by atoms with E-state index in [1.54, 1.807) is 18.2 Å². The minimum atomic E-state index is -0.559. The van der Waals surface area contributed by atoms with E-state index in [1.165, 1.54) is 16.9 Å². The smallest absolute Gasteiger partial charge is 0.358 e. The summed E-state index contributed by atoms with van der Waals surface area (Å²) in [6, 6.07) is 8.19. The van der Waals surface area contributed by atoms with Gasteiger partial charge in [-0.2, -0.15) is 9.94 Å². The van der Waals surface area contributed by atoms with Crippen molar-refractivity contribution in [1.29, 1.82) is 5.26 Å². The highest BCUT2D eigenvalue weighted by atomic mass is 35.5. The molecule has 0 N–H and O–H groups in total. The van der Waals surface area contributed by atoms with Gasteiger partial charge in [0, 0.05) is 5.02 Å². The molecule has 1 heterocycles. The van der Waals surface area contributed by atoms with Crippen LogP contribution in [0.5, 0.6) is 0 Å². The molecule has 7 heteroatoms. The third kappa shape index (κ3) is 2.47. The van der Waals surface area contributed by atoms with Crippen LogP contribution in [0.25, 0.3) is 0 Å². The number of aromatic nitrogens is 2.